The molecule has 2 fully saturated rings. The minimum absolute atomic E-state index is 0.129. The van der Waals surface area contributed by atoms with E-state index < -0.39 is 0 Å². The molecule has 0 bridgehead atoms. The van der Waals surface area contributed by atoms with Crippen LogP contribution < -0.4 is 5.32 Å². The van der Waals surface area contributed by atoms with E-state index in [1.54, 1.807) is 12.1 Å². The molecule has 0 aliphatic heterocycles. The van der Waals surface area contributed by atoms with Crippen molar-refractivity contribution >= 4 is 0 Å². The van der Waals surface area contributed by atoms with Gasteiger partial charge in [-0.15, -0.1) is 0 Å². The molecule has 1 atom stereocenters. The third kappa shape index (κ3) is 2.31. The first-order valence-corrected chi connectivity index (χ1v) is 7.26. The summed E-state index contributed by atoms with van der Waals surface area (Å²) in [5.74, 6) is -0.129. The summed E-state index contributed by atoms with van der Waals surface area (Å²) in [6.07, 6.45) is 9.71. The Balaban J connectivity index is 1.57. The summed E-state index contributed by atoms with van der Waals surface area (Å²) >= 11 is 0. The minimum Gasteiger partial charge on any atom is -0.309 e. The summed E-state index contributed by atoms with van der Waals surface area (Å²) in [5, 5.41) is 3.66. The van der Waals surface area contributed by atoms with Crippen molar-refractivity contribution in [3.63, 3.8) is 0 Å². The van der Waals surface area contributed by atoms with Gasteiger partial charge >= 0.3 is 0 Å². The van der Waals surface area contributed by atoms with E-state index in [0.717, 1.165) is 12.1 Å². The van der Waals surface area contributed by atoms with Gasteiger partial charge in [0.2, 0.25) is 0 Å². The fraction of sp³-hybridized carbons (Fsp3) is 0.625. The van der Waals surface area contributed by atoms with E-state index in [4.69, 9.17) is 0 Å². The molecule has 3 rings (SSSR count). The molecule has 2 aliphatic rings. The summed E-state index contributed by atoms with van der Waals surface area (Å²) in [7, 11) is 0. The zero-order valence-electron chi connectivity index (χ0n) is 10.9. The summed E-state index contributed by atoms with van der Waals surface area (Å²) in [6.45, 7) is 0.810. The van der Waals surface area contributed by atoms with Crippen molar-refractivity contribution in [2.45, 2.75) is 57.5 Å². The Hall–Kier alpha value is -0.890. The Morgan fingerprint density at radius 3 is 2.67 bits per heavy atom. The highest BCUT2D eigenvalue weighted by molar-refractivity contribution is 5.16. The lowest BCUT2D eigenvalue weighted by Gasteiger charge is -2.52. The third-order valence-corrected chi connectivity index (χ3v) is 4.96. The van der Waals surface area contributed by atoms with Crippen LogP contribution in [-0.2, 0) is 6.54 Å². The number of hydrogen-bond donors (Lipinski definition) is 1. The Bertz CT molecular complexity index is 409. The minimum atomic E-state index is -0.129. The first-order chi connectivity index (χ1) is 8.78. The van der Waals surface area contributed by atoms with Crippen molar-refractivity contribution in [3.8, 4) is 0 Å². The van der Waals surface area contributed by atoms with Crippen LogP contribution in [0.1, 0.15) is 50.5 Å². The smallest absolute Gasteiger partial charge is 0.123 e. The fourth-order valence-electron chi connectivity index (χ4n) is 3.76. The molecule has 0 heterocycles. The SMILES string of the molecule is Fc1cccc(CNC2CCC23CCCCC3)c1. The molecule has 0 amide bonds. The Morgan fingerprint density at radius 2 is 2.00 bits per heavy atom. The van der Waals surface area contributed by atoms with Gasteiger partial charge in [-0.3, -0.25) is 0 Å². The van der Waals surface area contributed by atoms with Gasteiger partial charge in [-0.2, -0.15) is 0 Å². The van der Waals surface area contributed by atoms with Gasteiger partial charge in [0.05, 0.1) is 0 Å². The molecular weight excluding hydrogens is 225 g/mol. The summed E-state index contributed by atoms with van der Waals surface area (Å²) < 4.78 is 13.1. The van der Waals surface area contributed by atoms with Gasteiger partial charge in [0.15, 0.2) is 0 Å². The highest BCUT2D eigenvalue weighted by Gasteiger charge is 2.46. The normalized spacial score (nSPS) is 25.9. The summed E-state index contributed by atoms with van der Waals surface area (Å²) in [5.41, 5.74) is 1.65. The van der Waals surface area contributed by atoms with Gasteiger partial charge in [0, 0.05) is 12.6 Å². The largest absolute Gasteiger partial charge is 0.309 e. The highest BCUT2D eigenvalue weighted by Crippen LogP contribution is 2.51. The topological polar surface area (TPSA) is 12.0 Å². The molecule has 1 aromatic rings. The lowest BCUT2D eigenvalue weighted by atomic mass is 9.57. The maximum absolute atomic E-state index is 13.1. The monoisotopic (exact) mass is 247 g/mol. The fourth-order valence-corrected chi connectivity index (χ4v) is 3.76. The van der Waals surface area contributed by atoms with Crippen LogP contribution in [0.2, 0.25) is 0 Å². The van der Waals surface area contributed by atoms with Crippen molar-refractivity contribution in [2.24, 2.45) is 5.41 Å². The van der Waals surface area contributed by atoms with Crippen LogP contribution >= 0.6 is 0 Å². The molecule has 98 valence electrons. The highest BCUT2D eigenvalue weighted by atomic mass is 19.1. The van der Waals surface area contributed by atoms with Gasteiger partial charge in [-0.25, -0.2) is 4.39 Å². The quantitative estimate of drug-likeness (QED) is 0.850. The molecule has 1 unspecified atom stereocenters. The lowest BCUT2D eigenvalue weighted by molar-refractivity contribution is 0.0221. The Labute approximate surface area is 109 Å². The van der Waals surface area contributed by atoms with Crippen LogP contribution in [0.25, 0.3) is 0 Å². The molecule has 1 N–H and O–H groups in total. The molecule has 1 nitrogen and oxygen atoms in total. The molecule has 1 spiro atoms. The first-order valence-electron chi connectivity index (χ1n) is 7.26. The van der Waals surface area contributed by atoms with Crippen molar-refractivity contribution in [3.05, 3.63) is 35.6 Å². The lowest BCUT2D eigenvalue weighted by Crippen LogP contribution is -2.53. The molecule has 0 saturated heterocycles. The van der Waals surface area contributed by atoms with Gasteiger partial charge in [0.1, 0.15) is 5.82 Å². The maximum Gasteiger partial charge on any atom is 0.123 e. The van der Waals surface area contributed by atoms with Crippen LogP contribution in [0.5, 0.6) is 0 Å². The molecule has 0 radical (unpaired) electrons. The second-order valence-electron chi connectivity index (χ2n) is 6.03. The van der Waals surface area contributed by atoms with Crippen molar-refractivity contribution in [2.75, 3.05) is 0 Å². The van der Waals surface area contributed by atoms with Crippen LogP contribution in [0.15, 0.2) is 24.3 Å². The van der Waals surface area contributed by atoms with Gasteiger partial charge in [-0.05, 0) is 48.8 Å². The van der Waals surface area contributed by atoms with E-state index in [1.165, 1.54) is 51.0 Å². The number of nitrogens with one attached hydrogen (secondary N) is 1. The van der Waals surface area contributed by atoms with E-state index >= 15 is 0 Å². The first kappa shape index (κ1) is 12.2. The zero-order chi connectivity index (χ0) is 12.4. The average Bonchev–Trinajstić information content (AvgIpc) is 2.39. The van der Waals surface area contributed by atoms with Crippen LogP contribution in [0, 0.1) is 11.2 Å². The van der Waals surface area contributed by atoms with E-state index in [9.17, 15) is 4.39 Å². The number of rotatable bonds is 3. The van der Waals surface area contributed by atoms with E-state index in [0.29, 0.717) is 11.5 Å². The van der Waals surface area contributed by atoms with Crippen molar-refractivity contribution < 1.29 is 4.39 Å². The number of benzene rings is 1. The Morgan fingerprint density at radius 1 is 1.17 bits per heavy atom. The van der Waals surface area contributed by atoms with E-state index in [1.807, 2.05) is 6.07 Å². The standard InChI is InChI=1S/C16H22FN/c17-14-6-4-5-13(11-14)12-18-15-7-10-16(15)8-2-1-3-9-16/h4-6,11,15,18H,1-3,7-10,12H2. The molecular formula is C16H22FN. The molecule has 2 saturated carbocycles. The Kier molecular flexibility index (Phi) is 3.38. The maximum atomic E-state index is 13.1. The molecule has 18 heavy (non-hydrogen) atoms. The van der Waals surface area contributed by atoms with E-state index in [2.05, 4.69) is 5.32 Å². The van der Waals surface area contributed by atoms with Crippen molar-refractivity contribution in [1.29, 1.82) is 0 Å². The second-order valence-corrected chi connectivity index (χ2v) is 6.03. The van der Waals surface area contributed by atoms with Gasteiger partial charge in [-0.1, -0.05) is 31.4 Å². The second kappa shape index (κ2) is 5.00. The van der Waals surface area contributed by atoms with Crippen LogP contribution in [0.4, 0.5) is 4.39 Å². The average molecular weight is 247 g/mol. The van der Waals surface area contributed by atoms with Crippen LogP contribution in [-0.4, -0.2) is 6.04 Å². The molecule has 2 heteroatoms. The summed E-state index contributed by atoms with van der Waals surface area (Å²) in [4.78, 5) is 0. The third-order valence-electron chi connectivity index (χ3n) is 4.96. The van der Waals surface area contributed by atoms with Gasteiger partial charge < -0.3 is 5.32 Å². The molecule has 2 aliphatic carbocycles. The molecule has 0 aromatic heterocycles. The van der Waals surface area contributed by atoms with Gasteiger partial charge in [0.25, 0.3) is 0 Å². The van der Waals surface area contributed by atoms with Crippen LogP contribution in [0.3, 0.4) is 0 Å². The van der Waals surface area contributed by atoms with Crippen molar-refractivity contribution in [1.82, 2.24) is 5.32 Å². The number of hydrogen-bond acceptors (Lipinski definition) is 1. The number of halogens is 1. The summed E-state index contributed by atoms with van der Waals surface area (Å²) in [6, 6.07) is 7.61. The molecule has 1 aromatic carbocycles. The predicted molar refractivity (Wildman–Crippen MR) is 71.8 cm³/mol. The van der Waals surface area contributed by atoms with E-state index in [-0.39, 0.29) is 5.82 Å². The predicted octanol–water partition coefficient (Wildman–Crippen LogP) is 4.03. The zero-order valence-corrected chi connectivity index (χ0v) is 10.9.